The van der Waals surface area contributed by atoms with Crippen LogP contribution < -0.4 is 5.09 Å². The van der Waals surface area contributed by atoms with E-state index in [0.29, 0.717) is 17.5 Å². The number of ether oxygens (including phenoxy) is 1. The van der Waals surface area contributed by atoms with Gasteiger partial charge in [0.05, 0.1) is 0 Å². The van der Waals surface area contributed by atoms with Crippen LogP contribution in [0.1, 0.15) is 11.1 Å². The lowest BCUT2D eigenvalue weighted by Crippen LogP contribution is -2.04. The molecule has 0 aliphatic carbocycles. The van der Waals surface area contributed by atoms with Crippen LogP contribution in [-0.4, -0.2) is 9.97 Å². The van der Waals surface area contributed by atoms with E-state index < -0.39 is 7.29 Å². The number of nitrogens with zero attached hydrogens (tertiary/aromatic N) is 2. The predicted octanol–water partition coefficient (Wildman–Crippen LogP) is 5.19. The topological polar surface area (TPSA) is 64.1 Å². The molecule has 0 amide bonds. The van der Waals surface area contributed by atoms with Crippen LogP contribution in [0.2, 0.25) is 0 Å². The van der Waals surface area contributed by atoms with Crippen molar-refractivity contribution < 1.29 is 9.30 Å². The lowest BCUT2D eigenvalue weighted by atomic mass is 10.2. The van der Waals surface area contributed by atoms with E-state index in [1.807, 2.05) is 60.7 Å². The summed E-state index contributed by atoms with van der Waals surface area (Å²) in [5.41, 5.74) is 1.70. The van der Waals surface area contributed by atoms with Crippen molar-refractivity contribution in [1.82, 2.24) is 9.97 Å². The summed E-state index contributed by atoms with van der Waals surface area (Å²) in [6.45, 7) is 0. The molecule has 0 fully saturated rings. The van der Waals surface area contributed by atoms with Crippen LogP contribution in [0.5, 0.6) is 0 Å². The van der Waals surface area contributed by atoms with Crippen molar-refractivity contribution in [3.05, 3.63) is 102 Å². The molecule has 3 aromatic rings. The van der Waals surface area contributed by atoms with Crippen molar-refractivity contribution in [2.45, 2.75) is 0 Å². The zero-order valence-corrected chi connectivity index (χ0v) is 14.7. The Morgan fingerprint density at radius 3 is 1.73 bits per heavy atom. The molecule has 128 valence electrons. The Labute approximate surface area is 151 Å². The lowest BCUT2D eigenvalue weighted by molar-refractivity contribution is 0.469. The molecule has 0 saturated heterocycles. The molecule has 2 aromatic carbocycles. The second kappa shape index (κ2) is 6.98. The van der Waals surface area contributed by atoms with Gasteiger partial charge in [-0.3, -0.25) is 9.65 Å². The minimum absolute atomic E-state index is 0.310. The van der Waals surface area contributed by atoms with Crippen molar-refractivity contribution >= 4 is 24.8 Å². The van der Waals surface area contributed by atoms with Crippen LogP contribution in [0.25, 0.3) is 11.5 Å². The summed E-state index contributed by atoms with van der Waals surface area (Å²) in [6, 6.07) is 20.9. The van der Waals surface area contributed by atoms with Crippen LogP contribution in [0, 0.1) is 0 Å². The largest absolute Gasteiger partial charge is 0.456 e. The molecule has 1 aliphatic heterocycles. The van der Waals surface area contributed by atoms with E-state index in [1.54, 1.807) is 30.1 Å². The van der Waals surface area contributed by atoms with Gasteiger partial charge in [-0.05, 0) is 6.07 Å². The van der Waals surface area contributed by atoms with Crippen molar-refractivity contribution in [2.75, 3.05) is 5.09 Å². The van der Waals surface area contributed by atoms with E-state index in [-0.39, 0.29) is 0 Å². The summed E-state index contributed by atoms with van der Waals surface area (Å²) in [5.74, 6) is 4.62. The van der Waals surface area contributed by atoms with Gasteiger partial charge in [0.25, 0.3) is 0 Å². The number of hydrogen-bond donors (Lipinski definition) is 1. The van der Waals surface area contributed by atoms with Gasteiger partial charge < -0.3 is 4.74 Å². The Bertz CT molecular complexity index is 944. The molecule has 0 unspecified atom stereocenters. The molecule has 0 spiro atoms. The highest BCUT2D eigenvalue weighted by Crippen LogP contribution is 2.55. The first kappa shape index (κ1) is 16.3. The maximum absolute atomic E-state index is 13.5. The molecule has 0 bridgehead atoms. The third-order valence-corrected chi connectivity index (χ3v) is 5.58. The van der Waals surface area contributed by atoms with Gasteiger partial charge in [0.1, 0.15) is 11.5 Å². The van der Waals surface area contributed by atoms with Crippen LogP contribution in [-0.2, 0) is 9.30 Å². The fraction of sp³-hybridized carbons (Fsp3) is 0. The predicted molar refractivity (Wildman–Crippen MR) is 103 cm³/mol. The molecule has 0 saturated carbocycles. The normalized spacial score (nSPS) is 15.4. The Kier molecular flexibility index (Phi) is 4.38. The summed E-state index contributed by atoms with van der Waals surface area (Å²) >= 11 is 0. The SMILES string of the molecule is O=P1(Nc2ncccn2)C=C(c2ccccc2)OC(c2ccccc2)=C1. The van der Waals surface area contributed by atoms with Gasteiger partial charge in [0, 0.05) is 35.2 Å². The number of benzene rings is 2. The smallest absolute Gasteiger partial charge is 0.228 e. The van der Waals surface area contributed by atoms with Gasteiger partial charge in [0.15, 0.2) is 0 Å². The Morgan fingerprint density at radius 1 is 0.731 bits per heavy atom. The molecule has 4 rings (SSSR count). The van der Waals surface area contributed by atoms with Crippen molar-refractivity contribution in [3.8, 4) is 0 Å². The van der Waals surface area contributed by atoms with Crippen molar-refractivity contribution in [3.63, 3.8) is 0 Å². The van der Waals surface area contributed by atoms with Gasteiger partial charge in [-0.25, -0.2) is 9.97 Å². The summed E-state index contributed by atoms with van der Waals surface area (Å²) in [7, 11) is -3.10. The third-order valence-electron chi connectivity index (χ3n) is 3.80. The third kappa shape index (κ3) is 3.58. The van der Waals surface area contributed by atoms with E-state index in [0.717, 1.165) is 11.1 Å². The van der Waals surface area contributed by atoms with Crippen LogP contribution in [0.15, 0.2) is 90.8 Å². The molecule has 0 atom stereocenters. The zero-order valence-electron chi connectivity index (χ0n) is 13.8. The molecule has 0 radical (unpaired) electrons. The van der Waals surface area contributed by atoms with Crippen LogP contribution in [0.3, 0.4) is 0 Å². The molecule has 26 heavy (non-hydrogen) atoms. The highest BCUT2D eigenvalue weighted by molar-refractivity contribution is 7.72. The van der Waals surface area contributed by atoms with Crippen LogP contribution >= 0.6 is 7.29 Å². The number of hydrogen-bond acceptors (Lipinski definition) is 4. The van der Waals surface area contributed by atoms with E-state index in [1.165, 1.54) is 0 Å². The maximum Gasteiger partial charge on any atom is 0.228 e. The van der Waals surface area contributed by atoms with E-state index >= 15 is 0 Å². The lowest BCUT2D eigenvalue weighted by Gasteiger charge is -2.23. The first-order valence-corrected chi connectivity index (χ1v) is 9.95. The molecule has 6 heteroatoms. The van der Waals surface area contributed by atoms with E-state index in [9.17, 15) is 4.57 Å². The monoisotopic (exact) mass is 361 g/mol. The highest BCUT2D eigenvalue weighted by atomic mass is 31.2. The maximum atomic E-state index is 13.5. The molecule has 5 nitrogen and oxygen atoms in total. The molecular weight excluding hydrogens is 345 g/mol. The summed E-state index contributed by atoms with van der Waals surface area (Å²) < 4.78 is 19.6. The van der Waals surface area contributed by atoms with Gasteiger partial charge >= 0.3 is 0 Å². The van der Waals surface area contributed by atoms with E-state index in [2.05, 4.69) is 15.1 Å². The Hall–Kier alpha value is -3.17. The molecule has 1 aromatic heterocycles. The van der Waals surface area contributed by atoms with Crippen LogP contribution in [0.4, 0.5) is 5.95 Å². The molecule has 2 heterocycles. The minimum Gasteiger partial charge on any atom is -0.456 e. The molecular formula is C20H16N3O2P. The van der Waals surface area contributed by atoms with Gasteiger partial charge in [-0.2, -0.15) is 0 Å². The van der Waals surface area contributed by atoms with Crippen molar-refractivity contribution in [1.29, 1.82) is 0 Å². The standard InChI is InChI=1S/C20H16N3O2P/c24-26(23-20-21-12-7-13-22-20)14-18(16-8-3-1-4-9-16)25-19(15-26)17-10-5-2-6-11-17/h1-15H,(H,21,22,23,24). The highest BCUT2D eigenvalue weighted by Gasteiger charge is 2.27. The fourth-order valence-electron chi connectivity index (χ4n) is 2.61. The first-order valence-electron chi connectivity index (χ1n) is 8.11. The fourth-order valence-corrected chi connectivity index (χ4v) is 4.34. The van der Waals surface area contributed by atoms with Gasteiger partial charge in [-0.15, -0.1) is 0 Å². The Morgan fingerprint density at radius 2 is 1.23 bits per heavy atom. The summed E-state index contributed by atoms with van der Waals surface area (Å²) in [4.78, 5) is 8.24. The number of aromatic nitrogens is 2. The second-order valence-electron chi connectivity index (χ2n) is 5.71. The summed E-state index contributed by atoms with van der Waals surface area (Å²) in [6.07, 6.45) is 3.21. The quantitative estimate of drug-likeness (QED) is 0.648. The van der Waals surface area contributed by atoms with E-state index in [4.69, 9.17) is 4.74 Å². The zero-order chi connectivity index (χ0) is 17.8. The van der Waals surface area contributed by atoms with Gasteiger partial charge in [-0.1, -0.05) is 60.7 Å². The number of anilines is 1. The molecule has 1 N–H and O–H groups in total. The summed E-state index contributed by atoms with van der Waals surface area (Å²) in [5, 5.41) is 2.96. The number of nitrogens with one attached hydrogen (secondary N) is 1. The minimum atomic E-state index is -3.10. The first-order chi connectivity index (χ1) is 12.7. The second-order valence-corrected chi connectivity index (χ2v) is 7.87. The van der Waals surface area contributed by atoms with Gasteiger partial charge in [0.2, 0.25) is 13.2 Å². The number of rotatable bonds is 4. The average Bonchev–Trinajstić information content (AvgIpc) is 2.69. The molecule has 1 aliphatic rings. The van der Waals surface area contributed by atoms with Crippen molar-refractivity contribution in [2.24, 2.45) is 0 Å². The Balaban J connectivity index is 1.77. The average molecular weight is 361 g/mol.